The summed E-state index contributed by atoms with van der Waals surface area (Å²) in [7, 11) is 0. The highest BCUT2D eigenvalue weighted by molar-refractivity contribution is 7.16. The maximum atomic E-state index is 12.9. The molecule has 1 aliphatic heterocycles. The van der Waals surface area contributed by atoms with Gasteiger partial charge in [0.25, 0.3) is 5.91 Å². The molecule has 1 aliphatic rings. The summed E-state index contributed by atoms with van der Waals surface area (Å²) >= 11 is 1.57. The van der Waals surface area contributed by atoms with Gasteiger partial charge in [-0.2, -0.15) is 5.10 Å². The topological polar surface area (TPSA) is 111 Å². The van der Waals surface area contributed by atoms with Crippen molar-refractivity contribution in [2.75, 3.05) is 41.7 Å². The summed E-state index contributed by atoms with van der Waals surface area (Å²) in [5.41, 5.74) is 2.79. The van der Waals surface area contributed by atoms with Gasteiger partial charge in [-0.1, -0.05) is 6.92 Å². The van der Waals surface area contributed by atoms with Gasteiger partial charge in [0.05, 0.1) is 17.3 Å². The molecular formula is C22H24N8OS. The number of thiophene rings is 1. The number of benzene rings is 1. The third kappa shape index (κ3) is 4.14. The maximum absolute atomic E-state index is 12.9. The number of H-pyrrole nitrogens is 1. The monoisotopic (exact) mass is 448 g/mol. The van der Waals surface area contributed by atoms with Crippen LogP contribution in [0.25, 0.3) is 10.2 Å². The summed E-state index contributed by atoms with van der Waals surface area (Å²) in [5, 5.41) is 19.3. The van der Waals surface area contributed by atoms with Crippen molar-refractivity contribution in [3.63, 3.8) is 0 Å². The van der Waals surface area contributed by atoms with Crippen LogP contribution in [0, 0.1) is 0 Å². The van der Waals surface area contributed by atoms with Gasteiger partial charge in [0.1, 0.15) is 22.2 Å². The van der Waals surface area contributed by atoms with E-state index in [2.05, 4.69) is 41.0 Å². The van der Waals surface area contributed by atoms with E-state index in [1.807, 2.05) is 42.6 Å². The molecule has 0 aliphatic carbocycles. The second-order valence-electron chi connectivity index (χ2n) is 7.50. The molecule has 4 aromatic rings. The zero-order chi connectivity index (χ0) is 21.9. The van der Waals surface area contributed by atoms with Gasteiger partial charge in [0, 0.05) is 44.0 Å². The van der Waals surface area contributed by atoms with Crippen LogP contribution in [0.4, 0.5) is 22.9 Å². The highest BCUT2D eigenvalue weighted by Gasteiger charge is 2.17. The molecule has 164 valence electrons. The summed E-state index contributed by atoms with van der Waals surface area (Å²) in [4.78, 5) is 25.3. The summed E-state index contributed by atoms with van der Waals surface area (Å²) in [5.74, 6) is 1.15. The van der Waals surface area contributed by atoms with Crippen molar-refractivity contribution in [2.24, 2.45) is 0 Å². The van der Waals surface area contributed by atoms with Crippen LogP contribution >= 0.6 is 11.3 Å². The summed E-state index contributed by atoms with van der Waals surface area (Å²) < 4.78 is 0. The van der Waals surface area contributed by atoms with Crippen molar-refractivity contribution in [3.8, 4) is 0 Å². The maximum Gasteiger partial charge on any atom is 0.275 e. The van der Waals surface area contributed by atoms with Crippen molar-refractivity contribution in [2.45, 2.75) is 13.3 Å². The zero-order valence-electron chi connectivity index (χ0n) is 17.7. The highest BCUT2D eigenvalue weighted by atomic mass is 32.1. The van der Waals surface area contributed by atoms with Gasteiger partial charge in [-0.25, -0.2) is 9.97 Å². The molecule has 0 atom stereocenters. The van der Waals surface area contributed by atoms with Crippen LogP contribution in [0.3, 0.4) is 0 Å². The lowest BCUT2D eigenvalue weighted by Gasteiger charge is -2.29. The van der Waals surface area contributed by atoms with Crippen molar-refractivity contribution >= 4 is 50.3 Å². The van der Waals surface area contributed by atoms with Gasteiger partial charge in [0.2, 0.25) is 0 Å². The number of amides is 1. The molecule has 0 radical (unpaired) electrons. The van der Waals surface area contributed by atoms with Gasteiger partial charge >= 0.3 is 0 Å². The molecule has 3 aromatic heterocycles. The lowest BCUT2D eigenvalue weighted by molar-refractivity contribution is 0.102. The van der Waals surface area contributed by atoms with Crippen LogP contribution in [0.15, 0.2) is 41.9 Å². The summed E-state index contributed by atoms with van der Waals surface area (Å²) in [6.45, 7) is 5.95. The molecule has 0 bridgehead atoms. The largest absolute Gasteiger partial charge is 0.369 e. The first-order valence-corrected chi connectivity index (χ1v) is 11.5. The fraction of sp³-hybridized carbons (Fsp3) is 0.273. The molecule has 0 unspecified atom stereocenters. The van der Waals surface area contributed by atoms with E-state index in [1.54, 1.807) is 17.5 Å². The Kier molecular flexibility index (Phi) is 5.70. The molecule has 1 aromatic carbocycles. The molecule has 4 N–H and O–H groups in total. The van der Waals surface area contributed by atoms with E-state index in [-0.39, 0.29) is 5.91 Å². The van der Waals surface area contributed by atoms with Crippen LogP contribution in [-0.4, -0.2) is 52.3 Å². The number of hydrogen-bond donors (Lipinski definition) is 4. The lowest BCUT2D eigenvalue weighted by atomic mass is 10.2. The number of aryl methyl sites for hydroxylation is 1. The molecule has 5 rings (SSSR count). The molecule has 9 nitrogen and oxygen atoms in total. The number of fused-ring (bicyclic) bond motifs is 1. The number of carbonyl (C=O) groups excluding carboxylic acids is 1. The highest BCUT2D eigenvalue weighted by Crippen LogP contribution is 2.29. The number of nitrogens with one attached hydrogen (secondary N) is 4. The van der Waals surface area contributed by atoms with Crippen molar-refractivity contribution in [1.29, 1.82) is 0 Å². The van der Waals surface area contributed by atoms with Gasteiger partial charge in [-0.05, 0) is 35.7 Å². The van der Waals surface area contributed by atoms with Crippen LogP contribution in [0.5, 0.6) is 0 Å². The average molecular weight is 449 g/mol. The lowest BCUT2D eigenvalue weighted by Crippen LogP contribution is -2.43. The minimum atomic E-state index is -0.272. The van der Waals surface area contributed by atoms with E-state index in [4.69, 9.17) is 0 Å². The SMILES string of the molecule is CCc1nc(Nc2cn[nH]c2C(=O)Nc2ccc(N3CCNCC3)cc2)c2ccsc2n1. The Labute approximate surface area is 189 Å². The van der Waals surface area contributed by atoms with Crippen molar-refractivity contribution in [3.05, 3.63) is 53.4 Å². The van der Waals surface area contributed by atoms with Crippen LogP contribution in [-0.2, 0) is 6.42 Å². The van der Waals surface area contributed by atoms with E-state index in [1.165, 1.54) is 0 Å². The standard InChI is InChI=1S/C22H24N8OS/c1-2-18-27-20(16-7-12-32-22(16)28-18)26-17-13-24-29-19(17)21(31)25-14-3-5-15(6-4-14)30-10-8-23-9-11-30/h3-7,12-13,23H,2,8-11H2,1H3,(H,24,29)(H,25,31)(H,26,27,28). The Balaban J connectivity index is 1.32. The Morgan fingerprint density at radius 2 is 1.97 bits per heavy atom. The molecule has 1 fully saturated rings. The van der Waals surface area contributed by atoms with Gasteiger partial charge in [0.15, 0.2) is 0 Å². The first kappa shape index (κ1) is 20.4. The number of hydrogen-bond acceptors (Lipinski definition) is 8. The number of nitrogens with zero attached hydrogens (tertiary/aromatic N) is 4. The number of piperazine rings is 1. The number of carbonyl (C=O) groups is 1. The number of anilines is 4. The van der Waals surface area contributed by atoms with E-state index in [9.17, 15) is 4.79 Å². The van der Waals surface area contributed by atoms with E-state index >= 15 is 0 Å². The molecule has 1 amide bonds. The van der Waals surface area contributed by atoms with Crippen molar-refractivity contribution in [1.82, 2.24) is 25.5 Å². The molecule has 1 saturated heterocycles. The van der Waals surface area contributed by atoms with Crippen LogP contribution < -0.4 is 20.9 Å². The summed E-state index contributed by atoms with van der Waals surface area (Å²) in [6, 6.07) is 9.89. The second-order valence-corrected chi connectivity index (χ2v) is 8.40. The normalized spacial score (nSPS) is 14.0. The number of aromatic nitrogens is 4. The van der Waals surface area contributed by atoms with Gasteiger partial charge in [-0.3, -0.25) is 9.89 Å². The zero-order valence-corrected chi connectivity index (χ0v) is 18.5. The predicted octanol–water partition coefficient (Wildman–Crippen LogP) is 3.38. The molecular weight excluding hydrogens is 424 g/mol. The fourth-order valence-corrected chi connectivity index (χ4v) is 4.49. The molecule has 10 heteroatoms. The first-order chi connectivity index (χ1) is 15.7. The number of rotatable bonds is 6. The Morgan fingerprint density at radius 1 is 1.16 bits per heavy atom. The third-order valence-corrected chi connectivity index (χ3v) is 6.22. The minimum absolute atomic E-state index is 0.272. The predicted molar refractivity (Wildman–Crippen MR) is 128 cm³/mol. The molecule has 0 spiro atoms. The first-order valence-electron chi connectivity index (χ1n) is 10.6. The molecule has 0 saturated carbocycles. The third-order valence-electron chi connectivity index (χ3n) is 5.41. The van der Waals surface area contributed by atoms with Crippen LogP contribution in [0.1, 0.15) is 23.2 Å². The van der Waals surface area contributed by atoms with Crippen LogP contribution in [0.2, 0.25) is 0 Å². The molecule has 32 heavy (non-hydrogen) atoms. The smallest absolute Gasteiger partial charge is 0.275 e. The molecule has 4 heterocycles. The van der Waals surface area contributed by atoms with E-state index in [0.29, 0.717) is 17.2 Å². The Hall–Kier alpha value is -3.50. The fourth-order valence-electron chi connectivity index (χ4n) is 3.71. The van der Waals surface area contributed by atoms with E-state index in [0.717, 1.165) is 60.0 Å². The Morgan fingerprint density at radius 3 is 2.75 bits per heavy atom. The van der Waals surface area contributed by atoms with Gasteiger partial charge in [-0.15, -0.1) is 11.3 Å². The minimum Gasteiger partial charge on any atom is -0.369 e. The van der Waals surface area contributed by atoms with Gasteiger partial charge < -0.3 is 20.9 Å². The average Bonchev–Trinajstić information content (AvgIpc) is 3.49. The number of aromatic amines is 1. The Bertz CT molecular complexity index is 1230. The second kappa shape index (κ2) is 8.93. The quantitative estimate of drug-likeness (QED) is 0.358. The summed E-state index contributed by atoms with van der Waals surface area (Å²) in [6.07, 6.45) is 2.32. The van der Waals surface area contributed by atoms with Crippen molar-refractivity contribution < 1.29 is 4.79 Å². The van der Waals surface area contributed by atoms with E-state index < -0.39 is 0 Å².